The highest BCUT2D eigenvalue weighted by atomic mass is 16.5. The molecule has 1 aromatic carbocycles. The summed E-state index contributed by atoms with van der Waals surface area (Å²) in [5, 5.41) is 12.1. The Morgan fingerprint density at radius 3 is 2.92 bits per heavy atom. The van der Waals surface area contributed by atoms with Crippen LogP contribution in [0.15, 0.2) is 40.8 Å². The molecule has 1 aliphatic heterocycles. The minimum absolute atomic E-state index is 0.171. The van der Waals surface area contributed by atoms with Crippen molar-refractivity contribution in [2.45, 2.75) is 38.0 Å². The van der Waals surface area contributed by atoms with Crippen molar-refractivity contribution in [2.24, 2.45) is 0 Å². The monoisotopic (exact) mass is 351 g/mol. The van der Waals surface area contributed by atoms with Gasteiger partial charge in [-0.1, -0.05) is 12.1 Å². The van der Waals surface area contributed by atoms with Gasteiger partial charge in [-0.15, -0.1) is 0 Å². The van der Waals surface area contributed by atoms with Crippen LogP contribution in [0.3, 0.4) is 0 Å². The third-order valence-corrected chi connectivity index (χ3v) is 4.88. The summed E-state index contributed by atoms with van der Waals surface area (Å²) in [6, 6.07) is 13.4. The Kier molecular flexibility index (Phi) is 4.63. The molecule has 1 amide bonds. The lowest BCUT2D eigenvalue weighted by Crippen LogP contribution is -2.37. The van der Waals surface area contributed by atoms with Gasteiger partial charge in [0.2, 0.25) is 0 Å². The molecule has 0 radical (unpaired) electrons. The number of para-hydroxylation sites is 1. The average molecular weight is 351 g/mol. The number of nitrogens with one attached hydrogen (secondary N) is 1. The summed E-state index contributed by atoms with van der Waals surface area (Å²) in [5.41, 5.74) is 0.471. The zero-order chi connectivity index (χ0) is 17.9. The smallest absolute Gasteiger partial charge is 0.287 e. The van der Waals surface area contributed by atoms with Crippen LogP contribution >= 0.6 is 0 Å². The molecular weight excluding hydrogens is 330 g/mol. The van der Waals surface area contributed by atoms with Crippen molar-refractivity contribution < 1.29 is 13.9 Å². The van der Waals surface area contributed by atoms with Crippen LogP contribution in [-0.2, 0) is 6.61 Å². The van der Waals surface area contributed by atoms with E-state index in [-0.39, 0.29) is 18.6 Å². The van der Waals surface area contributed by atoms with Gasteiger partial charge in [-0.25, -0.2) is 0 Å². The Bertz CT molecular complexity index is 835. The molecule has 2 fully saturated rings. The number of rotatable bonds is 6. The Morgan fingerprint density at radius 1 is 1.27 bits per heavy atom. The normalized spacial score (nSPS) is 19.9. The third-order valence-electron chi connectivity index (χ3n) is 4.88. The van der Waals surface area contributed by atoms with Crippen molar-refractivity contribution in [3.8, 4) is 11.8 Å². The molecule has 0 spiro atoms. The van der Waals surface area contributed by atoms with Crippen LogP contribution in [0.1, 0.15) is 41.1 Å². The lowest BCUT2D eigenvalue weighted by atomic mass is 10.2. The van der Waals surface area contributed by atoms with Gasteiger partial charge in [-0.2, -0.15) is 5.26 Å². The standard InChI is InChI=1S/C20H21N3O3/c21-11-14-3-1-2-4-18(14)25-13-17-7-8-19(26-17)20(24)22-15-9-10-23(12-15)16-5-6-16/h1-4,7-8,15-16H,5-6,9-10,12-13H2,(H,22,24)/t15-/m0/s1. The fraction of sp³-hybridized carbons (Fsp3) is 0.400. The molecule has 2 aliphatic rings. The fourth-order valence-electron chi connectivity index (χ4n) is 3.34. The number of benzene rings is 1. The first-order valence-electron chi connectivity index (χ1n) is 8.98. The summed E-state index contributed by atoms with van der Waals surface area (Å²) in [4.78, 5) is 14.8. The number of amides is 1. The molecule has 2 aromatic rings. The van der Waals surface area contributed by atoms with Gasteiger partial charge >= 0.3 is 0 Å². The number of furan rings is 1. The van der Waals surface area contributed by atoms with Crippen LogP contribution in [0.2, 0.25) is 0 Å². The number of hydrogen-bond donors (Lipinski definition) is 1. The molecule has 1 atom stereocenters. The highest BCUT2D eigenvalue weighted by Crippen LogP contribution is 2.29. The molecule has 1 aromatic heterocycles. The summed E-state index contributed by atoms with van der Waals surface area (Å²) in [6.45, 7) is 2.16. The van der Waals surface area contributed by atoms with Crippen molar-refractivity contribution in [1.82, 2.24) is 10.2 Å². The van der Waals surface area contributed by atoms with E-state index in [1.54, 1.807) is 30.3 Å². The number of carbonyl (C=O) groups is 1. The Hall–Kier alpha value is -2.78. The molecule has 2 heterocycles. The highest BCUT2D eigenvalue weighted by molar-refractivity contribution is 5.91. The van der Waals surface area contributed by atoms with Crippen molar-refractivity contribution in [3.05, 3.63) is 53.5 Å². The topological polar surface area (TPSA) is 78.5 Å². The Morgan fingerprint density at radius 2 is 2.12 bits per heavy atom. The number of ether oxygens (including phenoxy) is 1. The van der Waals surface area contributed by atoms with Gasteiger partial charge in [-0.3, -0.25) is 9.69 Å². The predicted octanol–water partition coefficient (Wildman–Crippen LogP) is 2.70. The molecular formula is C20H21N3O3. The maximum atomic E-state index is 12.4. The largest absolute Gasteiger partial charge is 0.484 e. The van der Waals surface area contributed by atoms with Gasteiger partial charge in [0.15, 0.2) is 5.76 Å². The zero-order valence-corrected chi connectivity index (χ0v) is 14.5. The summed E-state index contributed by atoms with van der Waals surface area (Å²) < 4.78 is 11.2. The zero-order valence-electron chi connectivity index (χ0n) is 14.5. The number of nitriles is 1. The van der Waals surface area contributed by atoms with E-state index < -0.39 is 0 Å². The molecule has 1 saturated carbocycles. The fourth-order valence-corrected chi connectivity index (χ4v) is 3.34. The molecule has 0 bridgehead atoms. The minimum atomic E-state index is -0.184. The first-order valence-corrected chi connectivity index (χ1v) is 8.98. The lowest BCUT2D eigenvalue weighted by molar-refractivity contribution is 0.0905. The highest BCUT2D eigenvalue weighted by Gasteiger charge is 2.35. The van der Waals surface area contributed by atoms with Crippen LogP contribution in [0, 0.1) is 11.3 Å². The summed E-state index contributed by atoms with van der Waals surface area (Å²) >= 11 is 0. The van der Waals surface area contributed by atoms with Gasteiger partial charge in [0.1, 0.15) is 24.2 Å². The third kappa shape index (κ3) is 3.73. The van der Waals surface area contributed by atoms with E-state index in [2.05, 4.69) is 16.3 Å². The molecule has 4 rings (SSSR count). The summed E-state index contributed by atoms with van der Waals surface area (Å²) in [6.07, 6.45) is 3.57. The van der Waals surface area contributed by atoms with Gasteiger partial charge in [0.25, 0.3) is 5.91 Å². The quantitative estimate of drug-likeness (QED) is 0.866. The second-order valence-electron chi connectivity index (χ2n) is 6.85. The van der Waals surface area contributed by atoms with Crippen molar-refractivity contribution >= 4 is 5.91 Å². The van der Waals surface area contributed by atoms with E-state index in [1.807, 2.05) is 6.07 Å². The maximum absolute atomic E-state index is 12.4. The van der Waals surface area contributed by atoms with Crippen LogP contribution in [0.4, 0.5) is 0 Å². The SMILES string of the molecule is N#Cc1ccccc1OCc1ccc(C(=O)N[C@H]2CCN(C3CC3)C2)o1. The van der Waals surface area contributed by atoms with Gasteiger partial charge < -0.3 is 14.5 Å². The van der Waals surface area contributed by atoms with E-state index in [9.17, 15) is 4.79 Å². The predicted molar refractivity (Wildman–Crippen MR) is 94.7 cm³/mol. The summed E-state index contributed by atoms with van der Waals surface area (Å²) in [5.74, 6) is 1.16. The molecule has 134 valence electrons. The van der Waals surface area contributed by atoms with Crippen molar-refractivity contribution in [3.63, 3.8) is 0 Å². The maximum Gasteiger partial charge on any atom is 0.287 e. The molecule has 0 unspecified atom stereocenters. The van der Waals surface area contributed by atoms with E-state index in [0.29, 0.717) is 22.8 Å². The number of nitrogens with zero attached hydrogens (tertiary/aromatic N) is 2. The molecule has 6 nitrogen and oxygen atoms in total. The summed E-state index contributed by atoms with van der Waals surface area (Å²) in [7, 11) is 0. The van der Waals surface area contributed by atoms with Crippen molar-refractivity contribution in [1.29, 1.82) is 5.26 Å². The van der Waals surface area contributed by atoms with Crippen molar-refractivity contribution in [2.75, 3.05) is 13.1 Å². The van der Waals surface area contributed by atoms with Crippen LogP contribution in [0.25, 0.3) is 0 Å². The van der Waals surface area contributed by atoms with E-state index in [0.717, 1.165) is 25.6 Å². The van der Waals surface area contributed by atoms with Gasteiger partial charge in [-0.05, 0) is 43.5 Å². The van der Waals surface area contributed by atoms with Gasteiger partial charge in [0, 0.05) is 25.2 Å². The Labute approximate surface area is 152 Å². The second-order valence-corrected chi connectivity index (χ2v) is 6.85. The number of hydrogen-bond acceptors (Lipinski definition) is 5. The van der Waals surface area contributed by atoms with Crippen LogP contribution in [-0.4, -0.2) is 36.0 Å². The molecule has 1 N–H and O–H groups in total. The first kappa shape index (κ1) is 16.7. The van der Waals surface area contributed by atoms with Crippen LogP contribution in [0.5, 0.6) is 5.75 Å². The van der Waals surface area contributed by atoms with Crippen LogP contribution < -0.4 is 10.1 Å². The van der Waals surface area contributed by atoms with E-state index in [4.69, 9.17) is 14.4 Å². The molecule has 1 saturated heterocycles. The molecule has 26 heavy (non-hydrogen) atoms. The Balaban J connectivity index is 1.31. The average Bonchev–Trinajstić information content (AvgIpc) is 3.22. The molecule has 6 heteroatoms. The number of likely N-dealkylation sites (tertiary alicyclic amines) is 1. The minimum Gasteiger partial charge on any atom is -0.484 e. The lowest BCUT2D eigenvalue weighted by Gasteiger charge is -2.15. The van der Waals surface area contributed by atoms with E-state index >= 15 is 0 Å². The van der Waals surface area contributed by atoms with E-state index in [1.165, 1.54) is 12.8 Å². The molecule has 1 aliphatic carbocycles. The second kappa shape index (κ2) is 7.22. The van der Waals surface area contributed by atoms with Gasteiger partial charge in [0.05, 0.1) is 5.56 Å². The first-order chi connectivity index (χ1) is 12.7. The number of carbonyl (C=O) groups excluding carboxylic acids is 1.